The Kier molecular flexibility index (Phi) is 7.09. The summed E-state index contributed by atoms with van der Waals surface area (Å²) in [5.74, 6) is -0.519. The molecule has 2 unspecified atom stereocenters. The zero-order valence-corrected chi connectivity index (χ0v) is 26.8. The summed E-state index contributed by atoms with van der Waals surface area (Å²) in [5, 5.41) is 9.90. The second-order valence-corrected chi connectivity index (χ2v) is 16.6. The lowest BCUT2D eigenvalue weighted by Gasteiger charge is -2.45. The van der Waals surface area contributed by atoms with Gasteiger partial charge in [-0.15, -0.1) is 0 Å². The number of anilines is 1. The van der Waals surface area contributed by atoms with Gasteiger partial charge in [-0.1, -0.05) is 23.9 Å². The van der Waals surface area contributed by atoms with Crippen LogP contribution in [0.1, 0.15) is 25.1 Å². The van der Waals surface area contributed by atoms with Gasteiger partial charge in [0.25, 0.3) is 5.78 Å². The number of H-pyrrole nitrogens is 1. The lowest BCUT2D eigenvalue weighted by atomic mass is 9.68. The van der Waals surface area contributed by atoms with Crippen LogP contribution in [0.2, 0.25) is 0 Å². The summed E-state index contributed by atoms with van der Waals surface area (Å²) in [6.07, 6.45) is 2.47. The largest absolute Gasteiger partial charge is 0.429 e. The molecule has 24 heteroatoms. The number of ether oxygens (including phenoxy) is 1. The first-order valence-corrected chi connectivity index (χ1v) is 19.0. The number of thiol groups is 1. The molecule has 0 bridgehead atoms. The highest BCUT2D eigenvalue weighted by atomic mass is 32.7. The van der Waals surface area contributed by atoms with E-state index in [0.717, 1.165) is 4.52 Å². The molecule has 242 valence electrons. The van der Waals surface area contributed by atoms with Gasteiger partial charge in [-0.2, -0.15) is 14.7 Å². The van der Waals surface area contributed by atoms with Crippen molar-refractivity contribution in [3.05, 3.63) is 41.7 Å². The molecule has 5 aromatic heterocycles. The maximum absolute atomic E-state index is 13.5. The monoisotopic (exact) mass is 710 g/mol. The minimum Gasteiger partial charge on any atom is -0.429 e. The number of fused-ring (bicyclic) bond motifs is 5. The Morgan fingerprint density at radius 1 is 1.09 bits per heavy atom. The molecular formula is C22H24N12O8P2S2. The van der Waals surface area contributed by atoms with Crippen LogP contribution < -0.4 is 11.3 Å². The summed E-state index contributed by atoms with van der Waals surface area (Å²) in [6, 6.07) is -0.404. The molecular weight excluding hydrogens is 686 g/mol. The van der Waals surface area contributed by atoms with Gasteiger partial charge in [0.15, 0.2) is 22.6 Å². The van der Waals surface area contributed by atoms with E-state index >= 15 is 0 Å². The number of imidazole rings is 2. The Morgan fingerprint density at radius 3 is 2.74 bits per heavy atom. The molecule has 2 saturated heterocycles. The molecule has 46 heavy (non-hydrogen) atoms. The van der Waals surface area contributed by atoms with Gasteiger partial charge in [-0.3, -0.25) is 18.4 Å². The molecule has 7 heterocycles. The molecule has 0 aromatic carbocycles. The lowest BCUT2D eigenvalue weighted by molar-refractivity contribution is -0.0373. The van der Waals surface area contributed by atoms with Gasteiger partial charge < -0.3 is 29.0 Å². The zero-order chi connectivity index (χ0) is 32.0. The highest BCUT2D eigenvalue weighted by Crippen LogP contribution is 2.60. The van der Waals surface area contributed by atoms with E-state index in [1.165, 1.54) is 19.0 Å². The predicted molar refractivity (Wildman–Crippen MR) is 164 cm³/mol. The Hall–Kier alpha value is -3.33. The first kappa shape index (κ1) is 30.0. The van der Waals surface area contributed by atoms with Gasteiger partial charge in [0.1, 0.15) is 36.0 Å². The summed E-state index contributed by atoms with van der Waals surface area (Å²) in [7, 11) is 0. The lowest BCUT2D eigenvalue weighted by Crippen LogP contribution is -2.42. The van der Waals surface area contributed by atoms with Crippen LogP contribution in [0.5, 0.6) is 0 Å². The standard InChI is InChI=1S/C22H24N12O8P2S2/c1-9-15-10(2-11(15)32-7-27-17-20(32)28-22-29-30-31-34(22)21(17)35)4-38-44(37,46)42-12-3-14(40-13(12)5-39-43(36,45)41-9)33-8-26-16-18(23)24-6-25-19(16)33/h6-8,10-15H,1-5H2,(H,36,45)(H,37,46)(H2,23,24,25)(H,28,29,31)/t10-,11-,12+,13-,14-,15-,43?,44?/m1/s1. The summed E-state index contributed by atoms with van der Waals surface area (Å²) in [6.45, 7) is -4.21. The quantitative estimate of drug-likeness (QED) is 0.149. The summed E-state index contributed by atoms with van der Waals surface area (Å²) in [4.78, 5) is 45.1. The Labute approximate surface area is 267 Å². The summed E-state index contributed by atoms with van der Waals surface area (Å²) >= 11 is 9.59. The van der Waals surface area contributed by atoms with E-state index in [4.69, 9.17) is 40.4 Å². The SMILES string of the molecule is C=C1OP(O)(=S)OC[C@H]2O[C@@H](n3cnc4c(N)ncnc43)C[C@@H]2OP(=O)(S)OC[C@H]2C[C@@H](n3cnc4c(=O)n5[nH]nnc5nc43)[C@H]12. The summed E-state index contributed by atoms with van der Waals surface area (Å²) in [5.41, 5.74) is 6.62. The molecule has 0 spiro atoms. The molecule has 8 rings (SSSR count). The average molecular weight is 711 g/mol. The van der Waals surface area contributed by atoms with E-state index in [-0.39, 0.29) is 54.1 Å². The molecule has 1 aliphatic carbocycles. The van der Waals surface area contributed by atoms with Crippen LogP contribution in [0.25, 0.3) is 28.1 Å². The zero-order valence-electron chi connectivity index (χ0n) is 23.3. The van der Waals surface area contributed by atoms with Crippen molar-refractivity contribution in [2.45, 2.75) is 37.3 Å². The highest BCUT2D eigenvalue weighted by molar-refractivity contribution is 8.44. The predicted octanol–water partition coefficient (Wildman–Crippen LogP) is 1.27. The minimum atomic E-state index is -3.97. The molecule has 3 fully saturated rings. The van der Waals surface area contributed by atoms with Crippen LogP contribution in [-0.4, -0.2) is 84.4 Å². The number of tetrazole rings is 1. The van der Waals surface area contributed by atoms with Gasteiger partial charge >= 0.3 is 19.1 Å². The molecule has 5 aromatic rings. The Morgan fingerprint density at radius 2 is 1.89 bits per heavy atom. The van der Waals surface area contributed by atoms with Crippen LogP contribution in [0.15, 0.2) is 36.1 Å². The number of allylic oxidation sites excluding steroid dienone is 1. The molecule has 0 amide bonds. The van der Waals surface area contributed by atoms with Crippen molar-refractivity contribution in [2.24, 2.45) is 11.8 Å². The molecule has 20 nitrogen and oxygen atoms in total. The Bertz CT molecular complexity index is 2190. The Balaban J connectivity index is 1.07. The number of rotatable bonds is 2. The number of hydrogen-bond acceptors (Lipinski definition) is 16. The third-order valence-corrected chi connectivity index (χ3v) is 11.4. The number of nitrogens with two attached hydrogens (primary N) is 1. The topological polar surface area (TPSA) is 247 Å². The fourth-order valence-electron chi connectivity index (χ4n) is 6.13. The maximum Gasteiger partial charge on any atom is 0.386 e. The highest BCUT2D eigenvalue weighted by Gasteiger charge is 2.49. The van der Waals surface area contributed by atoms with E-state index in [1.54, 1.807) is 9.13 Å². The number of hydrogen-bond donors (Lipinski definition) is 4. The van der Waals surface area contributed by atoms with Crippen molar-refractivity contribution in [1.29, 1.82) is 0 Å². The number of nitrogen functional groups attached to an aromatic ring is 1. The minimum absolute atomic E-state index is 0.0597. The van der Waals surface area contributed by atoms with Crippen molar-refractivity contribution >= 4 is 71.5 Å². The van der Waals surface area contributed by atoms with E-state index in [1.807, 2.05) is 0 Å². The van der Waals surface area contributed by atoms with Gasteiger partial charge in [0.05, 0.1) is 25.9 Å². The van der Waals surface area contributed by atoms with Crippen molar-refractivity contribution in [3.8, 4) is 0 Å². The smallest absolute Gasteiger partial charge is 0.386 e. The molecule has 1 saturated carbocycles. The normalized spacial score (nSPS) is 33.9. The molecule has 3 aliphatic rings. The molecule has 2 aliphatic heterocycles. The van der Waals surface area contributed by atoms with Crippen molar-refractivity contribution in [1.82, 2.24) is 54.1 Å². The van der Waals surface area contributed by atoms with Gasteiger partial charge in [-0.25, -0.2) is 24.5 Å². The number of aromatic amines is 1. The van der Waals surface area contributed by atoms with Crippen molar-refractivity contribution < 1.29 is 32.3 Å². The van der Waals surface area contributed by atoms with Gasteiger partial charge in [-0.05, 0) is 17.6 Å². The van der Waals surface area contributed by atoms with Crippen molar-refractivity contribution in [2.75, 3.05) is 18.9 Å². The number of nitrogens with one attached hydrogen (secondary N) is 1. The van der Waals surface area contributed by atoms with E-state index in [2.05, 4.69) is 59.3 Å². The summed E-state index contributed by atoms with van der Waals surface area (Å²) < 4.78 is 47.3. The van der Waals surface area contributed by atoms with E-state index < -0.39 is 49.5 Å². The second-order valence-electron chi connectivity index (χ2n) is 10.9. The van der Waals surface area contributed by atoms with E-state index in [0.29, 0.717) is 17.6 Å². The molecule has 0 radical (unpaired) electrons. The van der Waals surface area contributed by atoms with Gasteiger partial charge in [0, 0.05) is 30.2 Å². The maximum atomic E-state index is 13.5. The number of nitrogens with zero attached hydrogens (tertiary/aromatic N) is 10. The van der Waals surface area contributed by atoms with E-state index in [9.17, 15) is 14.3 Å². The van der Waals surface area contributed by atoms with Crippen LogP contribution >= 0.6 is 25.8 Å². The van der Waals surface area contributed by atoms with Gasteiger partial charge in [0.2, 0.25) is 0 Å². The fraction of sp³-hybridized carbons (Fsp3) is 0.455. The number of aromatic nitrogens is 11. The second kappa shape index (κ2) is 10.9. The fourth-order valence-corrected chi connectivity index (χ4v) is 8.98. The first-order chi connectivity index (χ1) is 22.0. The molecule has 4 N–H and O–H groups in total. The van der Waals surface area contributed by atoms with Crippen LogP contribution in [0.4, 0.5) is 5.82 Å². The third kappa shape index (κ3) is 5.04. The third-order valence-electron chi connectivity index (χ3n) is 8.29. The van der Waals surface area contributed by atoms with Crippen LogP contribution in [0.3, 0.4) is 0 Å². The van der Waals surface area contributed by atoms with Crippen LogP contribution in [-0.2, 0) is 39.2 Å². The van der Waals surface area contributed by atoms with Crippen LogP contribution in [0, 0.1) is 11.8 Å². The first-order valence-electron chi connectivity index (χ1n) is 13.7. The van der Waals surface area contributed by atoms with Crippen molar-refractivity contribution in [3.63, 3.8) is 0 Å². The average Bonchev–Trinajstić information content (AvgIpc) is 3.77. The molecule has 8 atom stereocenters.